The highest BCUT2D eigenvalue weighted by Gasteiger charge is 2.51. The van der Waals surface area contributed by atoms with Crippen LogP contribution in [-0.2, 0) is 16.1 Å². The maximum absolute atomic E-state index is 12.6. The van der Waals surface area contributed by atoms with E-state index in [4.69, 9.17) is 0 Å². The first-order valence-electron chi connectivity index (χ1n) is 10.0. The number of rotatable bonds is 7. The van der Waals surface area contributed by atoms with E-state index in [1.807, 2.05) is 6.07 Å². The van der Waals surface area contributed by atoms with Gasteiger partial charge in [0.25, 0.3) is 5.91 Å². The minimum Gasteiger partial charge on any atom is -0.323 e. The molecule has 154 valence electrons. The van der Waals surface area contributed by atoms with Gasteiger partial charge in [-0.25, -0.2) is 4.79 Å². The Kier molecular flexibility index (Phi) is 6.40. The van der Waals surface area contributed by atoms with Crippen LogP contribution in [0, 0.1) is 11.8 Å². The topological polar surface area (TPSA) is 90.5 Å². The lowest BCUT2D eigenvalue weighted by Gasteiger charge is -2.41. The second-order valence-corrected chi connectivity index (χ2v) is 9.48. The number of hydrogen-bond acceptors (Lipinski definition) is 5. The number of hydrogen-bond donors (Lipinski definition) is 3. The number of nitrogens with zero attached hydrogens (tertiary/aromatic N) is 1. The van der Waals surface area contributed by atoms with Crippen molar-refractivity contribution in [1.82, 2.24) is 15.5 Å². The summed E-state index contributed by atoms with van der Waals surface area (Å²) in [5.74, 6) is 0.429. The summed E-state index contributed by atoms with van der Waals surface area (Å²) < 4.78 is 0. The van der Waals surface area contributed by atoms with Gasteiger partial charge in [0.1, 0.15) is 5.54 Å². The van der Waals surface area contributed by atoms with Gasteiger partial charge in [-0.1, -0.05) is 13.8 Å². The molecule has 3 heterocycles. The second kappa shape index (κ2) is 8.61. The smallest absolute Gasteiger partial charge is 0.322 e. The molecule has 0 radical (unpaired) electrons. The molecule has 28 heavy (non-hydrogen) atoms. The zero-order valence-corrected chi connectivity index (χ0v) is 17.7. The van der Waals surface area contributed by atoms with Crippen LogP contribution in [0.2, 0.25) is 0 Å². The first kappa shape index (κ1) is 20.8. The number of nitrogens with one attached hydrogen (secondary N) is 3. The third kappa shape index (κ3) is 4.72. The molecule has 0 aromatic carbocycles. The van der Waals surface area contributed by atoms with Crippen molar-refractivity contribution in [1.29, 1.82) is 0 Å². The van der Waals surface area contributed by atoms with Crippen LogP contribution in [0.25, 0.3) is 0 Å². The summed E-state index contributed by atoms with van der Waals surface area (Å²) in [7, 11) is 0. The van der Waals surface area contributed by atoms with Crippen molar-refractivity contribution in [2.24, 2.45) is 11.8 Å². The number of urea groups is 1. The van der Waals surface area contributed by atoms with Gasteiger partial charge in [0, 0.05) is 18.3 Å². The van der Waals surface area contributed by atoms with E-state index in [-0.39, 0.29) is 23.8 Å². The lowest BCUT2D eigenvalue weighted by molar-refractivity contribution is -0.127. The van der Waals surface area contributed by atoms with E-state index in [2.05, 4.69) is 40.8 Å². The van der Waals surface area contributed by atoms with Gasteiger partial charge in [0.05, 0.1) is 5.00 Å². The zero-order valence-electron chi connectivity index (χ0n) is 16.8. The SMILES string of the molecule is CC(=O)Nc1ccc(CN2CCC([C@]3(CCC(C)C)NC(=O)NC3=O)CC2)s1. The molecule has 4 amide bonds. The van der Waals surface area contributed by atoms with Crippen LogP contribution >= 0.6 is 11.3 Å². The maximum Gasteiger partial charge on any atom is 0.322 e. The number of carbonyl (C=O) groups excluding carboxylic acids is 3. The summed E-state index contributed by atoms with van der Waals surface area (Å²) in [6.45, 7) is 8.42. The van der Waals surface area contributed by atoms with E-state index in [1.165, 1.54) is 11.8 Å². The molecular formula is C20H30N4O3S. The molecule has 2 saturated heterocycles. The van der Waals surface area contributed by atoms with Crippen molar-refractivity contribution < 1.29 is 14.4 Å². The van der Waals surface area contributed by atoms with E-state index in [1.54, 1.807) is 11.3 Å². The predicted octanol–water partition coefficient (Wildman–Crippen LogP) is 2.93. The Balaban J connectivity index is 1.59. The molecular weight excluding hydrogens is 376 g/mol. The highest BCUT2D eigenvalue weighted by atomic mass is 32.1. The molecule has 0 saturated carbocycles. The molecule has 1 aromatic heterocycles. The Morgan fingerprint density at radius 1 is 1.32 bits per heavy atom. The largest absolute Gasteiger partial charge is 0.323 e. The Hall–Kier alpha value is -1.93. The fourth-order valence-corrected chi connectivity index (χ4v) is 5.19. The number of thiophene rings is 1. The molecule has 7 nitrogen and oxygen atoms in total. The standard InChI is InChI=1S/C20H30N4O3S/c1-13(2)6-9-20(18(26)22-19(27)23-20)15-7-10-24(11-8-15)12-16-4-5-17(28-16)21-14(3)25/h4-5,13,15H,6-12H2,1-3H3,(H,21,25)(H2,22,23,26,27)/t20-/m0/s1. The number of amides is 4. The molecule has 0 spiro atoms. The lowest BCUT2D eigenvalue weighted by atomic mass is 9.74. The Morgan fingerprint density at radius 2 is 2.04 bits per heavy atom. The van der Waals surface area contributed by atoms with Gasteiger partial charge in [0.2, 0.25) is 5.91 Å². The first-order chi connectivity index (χ1) is 13.3. The maximum atomic E-state index is 12.6. The third-order valence-corrected chi connectivity index (χ3v) is 6.70. The summed E-state index contributed by atoms with van der Waals surface area (Å²) in [4.78, 5) is 39.3. The fraction of sp³-hybridized carbons (Fsp3) is 0.650. The Bertz CT molecular complexity index is 740. The molecule has 2 aliphatic heterocycles. The van der Waals surface area contributed by atoms with Gasteiger partial charge in [-0.15, -0.1) is 11.3 Å². The van der Waals surface area contributed by atoms with Gasteiger partial charge in [-0.05, 0) is 62.7 Å². The minimum absolute atomic E-state index is 0.0576. The molecule has 0 unspecified atom stereocenters. The third-order valence-electron chi connectivity index (χ3n) is 5.71. The molecule has 0 aliphatic carbocycles. The molecule has 2 fully saturated rings. The minimum atomic E-state index is -0.755. The van der Waals surface area contributed by atoms with Gasteiger partial charge >= 0.3 is 6.03 Å². The first-order valence-corrected chi connectivity index (χ1v) is 10.8. The van der Waals surface area contributed by atoms with Crippen LogP contribution in [0.3, 0.4) is 0 Å². The lowest BCUT2D eigenvalue weighted by Crippen LogP contribution is -2.56. The summed E-state index contributed by atoms with van der Waals surface area (Å²) in [5.41, 5.74) is -0.755. The average Bonchev–Trinajstić information content (AvgIpc) is 3.17. The molecule has 3 N–H and O–H groups in total. The number of anilines is 1. The predicted molar refractivity (Wildman–Crippen MR) is 110 cm³/mol. The number of piperidine rings is 1. The highest BCUT2D eigenvalue weighted by Crippen LogP contribution is 2.36. The molecule has 1 atom stereocenters. The van der Waals surface area contributed by atoms with Gasteiger partial charge in [-0.2, -0.15) is 0 Å². The van der Waals surface area contributed by atoms with Gasteiger partial charge in [-0.3, -0.25) is 19.8 Å². The number of likely N-dealkylation sites (tertiary alicyclic amines) is 1. The molecule has 0 bridgehead atoms. The van der Waals surface area contributed by atoms with E-state index < -0.39 is 5.54 Å². The van der Waals surface area contributed by atoms with Gasteiger partial charge in [0.15, 0.2) is 0 Å². The van der Waals surface area contributed by atoms with E-state index in [0.717, 1.165) is 43.9 Å². The van der Waals surface area contributed by atoms with E-state index in [0.29, 0.717) is 12.3 Å². The second-order valence-electron chi connectivity index (χ2n) is 8.31. The summed E-state index contributed by atoms with van der Waals surface area (Å²) in [6.07, 6.45) is 3.37. The van der Waals surface area contributed by atoms with Crippen LogP contribution in [0.4, 0.5) is 9.80 Å². The molecule has 1 aromatic rings. The Morgan fingerprint density at radius 3 is 2.61 bits per heavy atom. The summed E-state index contributed by atoms with van der Waals surface area (Å²) >= 11 is 1.60. The molecule has 2 aliphatic rings. The quantitative estimate of drug-likeness (QED) is 0.607. The van der Waals surface area contributed by atoms with Crippen molar-refractivity contribution in [3.05, 3.63) is 17.0 Å². The normalized spacial score (nSPS) is 23.7. The van der Waals surface area contributed by atoms with Gasteiger partial charge < -0.3 is 10.6 Å². The zero-order chi connectivity index (χ0) is 20.3. The Labute approximate surface area is 170 Å². The molecule has 8 heteroatoms. The van der Waals surface area contributed by atoms with Crippen molar-refractivity contribution in [2.75, 3.05) is 18.4 Å². The van der Waals surface area contributed by atoms with E-state index in [9.17, 15) is 14.4 Å². The van der Waals surface area contributed by atoms with Crippen molar-refractivity contribution >= 4 is 34.2 Å². The summed E-state index contributed by atoms with van der Waals surface area (Å²) in [5, 5.41) is 9.13. The van der Waals surface area contributed by atoms with E-state index >= 15 is 0 Å². The van der Waals surface area contributed by atoms with Crippen molar-refractivity contribution in [3.63, 3.8) is 0 Å². The average molecular weight is 407 g/mol. The number of carbonyl (C=O) groups is 3. The van der Waals surface area contributed by atoms with Crippen LogP contribution in [0.1, 0.15) is 51.3 Å². The van der Waals surface area contributed by atoms with Crippen LogP contribution in [0.5, 0.6) is 0 Å². The van der Waals surface area contributed by atoms with Crippen molar-refractivity contribution in [2.45, 2.75) is 58.5 Å². The monoisotopic (exact) mass is 406 g/mol. The molecule has 3 rings (SSSR count). The van der Waals surface area contributed by atoms with Crippen molar-refractivity contribution in [3.8, 4) is 0 Å². The highest BCUT2D eigenvalue weighted by molar-refractivity contribution is 7.16. The van der Waals surface area contributed by atoms with Crippen LogP contribution in [0.15, 0.2) is 12.1 Å². The summed E-state index contributed by atoms with van der Waals surface area (Å²) in [6, 6.07) is 3.63. The van der Waals surface area contributed by atoms with Crippen LogP contribution in [-0.4, -0.2) is 41.4 Å². The van der Waals surface area contributed by atoms with Crippen LogP contribution < -0.4 is 16.0 Å². The number of imide groups is 1. The fourth-order valence-electron chi connectivity index (χ4n) is 4.20.